The van der Waals surface area contributed by atoms with Crippen LogP contribution in [-0.4, -0.2) is 31.6 Å². The van der Waals surface area contributed by atoms with Crippen molar-refractivity contribution in [3.63, 3.8) is 0 Å². The molecule has 0 spiro atoms. The lowest BCUT2D eigenvalue weighted by Gasteiger charge is -2.07. The number of hydrogen-bond acceptors (Lipinski definition) is 7. The molecule has 0 saturated heterocycles. The van der Waals surface area contributed by atoms with E-state index in [1.54, 1.807) is 0 Å². The number of carbonyl (C=O) groups is 2. The van der Waals surface area contributed by atoms with E-state index < -0.39 is 5.97 Å². The summed E-state index contributed by atoms with van der Waals surface area (Å²) in [6.45, 7) is 4.32. The standard InChI is InChI=1S/C9H15N2O5/c1-2-7-15-8(12)3-5-10-6-4-9(13)16-11-14/h2,10-11H,1,3-7H2/q-1. The van der Waals surface area contributed by atoms with Crippen molar-refractivity contribution >= 4 is 11.9 Å². The van der Waals surface area contributed by atoms with Crippen molar-refractivity contribution in [1.82, 2.24) is 11.0 Å². The van der Waals surface area contributed by atoms with Gasteiger partial charge in [-0.05, 0) is 0 Å². The molecule has 0 bridgehead atoms. The average molecular weight is 231 g/mol. The zero-order valence-corrected chi connectivity index (χ0v) is 8.86. The van der Waals surface area contributed by atoms with Gasteiger partial charge in [-0.15, -0.1) is 0 Å². The van der Waals surface area contributed by atoms with Gasteiger partial charge in [-0.25, -0.2) is 5.64 Å². The molecule has 0 radical (unpaired) electrons. The highest BCUT2D eigenvalue weighted by molar-refractivity contribution is 5.70. The maximum absolute atomic E-state index is 10.9. The van der Waals surface area contributed by atoms with Crippen molar-refractivity contribution in [2.45, 2.75) is 12.8 Å². The van der Waals surface area contributed by atoms with Crippen LogP contribution in [0.1, 0.15) is 12.8 Å². The number of esters is 1. The molecule has 0 unspecified atom stereocenters. The van der Waals surface area contributed by atoms with Gasteiger partial charge in [0.25, 0.3) is 0 Å². The topological polar surface area (TPSA) is 99.7 Å². The monoisotopic (exact) mass is 231 g/mol. The third-order valence-electron chi connectivity index (χ3n) is 1.53. The van der Waals surface area contributed by atoms with Crippen LogP contribution in [0.5, 0.6) is 0 Å². The Bertz CT molecular complexity index is 232. The Hall–Kier alpha value is -1.44. The molecular weight excluding hydrogens is 216 g/mol. The van der Waals surface area contributed by atoms with Gasteiger partial charge in [-0.2, -0.15) is 0 Å². The number of ether oxygens (including phenoxy) is 1. The highest BCUT2D eigenvalue weighted by atomic mass is 16.8. The third kappa shape index (κ3) is 9.13. The first kappa shape index (κ1) is 14.6. The summed E-state index contributed by atoms with van der Waals surface area (Å²) in [7, 11) is 0. The molecular formula is C9H15N2O5-. The molecule has 0 aromatic carbocycles. The molecule has 0 aromatic rings. The van der Waals surface area contributed by atoms with Crippen LogP contribution in [0.3, 0.4) is 0 Å². The van der Waals surface area contributed by atoms with E-state index in [4.69, 9.17) is 4.74 Å². The summed E-state index contributed by atoms with van der Waals surface area (Å²) in [6.07, 6.45) is 1.75. The molecule has 0 aliphatic carbocycles. The second kappa shape index (κ2) is 10.1. The summed E-state index contributed by atoms with van der Waals surface area (Å²) in [5.74, 6) is -0.993. The average Bonchev–Trinajstić information content (AvgIpc) is 2.26. The van der Waals surface area contributed by atoms with Crippen LogP contribution in [0.2, 0.25) is 0 Å². The molecule has 7 heteroatoms. The SMILES string of the molecule is C=CCOC(=O)CCNCCC(=O)ON[O-]. The number of carbonyl (C=O) groups excluding carboxylic acids is 2. The van der Waals surface area contributed by atoms with Crippen LogP contribution in [0.25, 0.3) is 0 Å². The van der Waals surface area contributed by atoms with E-state index >= 15 is 0 Å². The summed E-state index contributed by atoms with van der Waals surface area (Å²) < 4.78 is 4.72. The summed E-state index contributed by atoms with van der Waals surface area (Å²) in [4.78, 5) is 25.5. The van der Waals surface area contributed by atoms with E-state index in [9.17, 15) is 14.8 Å². The molecule has 2 N–H and O–H groups in total. The van der Waals surface area contributed by atoms with Gasteiger partial charge in [0.15, 0.2) is 0 Å². The summed E-state index contributed by atoms with van der Waals surface area (Å²) in [5.41, 5.74) is 1.04. The minimum atomic E-state index is -0.656. The van der Waals surface area contributed by atoms with Crippen molar-refractivity contribution in [2.24, 2.45) is 0 Å². The Labute approximate surface area is 93.3 Å². The van der Waals surface area contributed by atoms with Gasteiger partial charge in [0.05, 0.1) is 12.8 Å². The lowest BCUT2D eigenvalue weighted by Crippen LogP contribution is -2.24. The molecule has 0 amide bonds. The first-order chi connectivity index (χ1) is 7.70. The smallest absolute Gasteiger partial charge is 0.324 e. The van der Waals surface area contributed by atoms with Crippen LogP contribution < -0.4 is 11.0 Å². The Balaban J connectivity index is 3.29. The van der Waals surface area contributed by atoms with Gasteiger partial charge in [0.2, 0.25) is 0 Å². The molecule has 0 aromatic heterocycles. The van der Waals surface area contributed by atoms with E-state index in [1.165, 1.54) is 6.08 Å². The molecule has 0 heterocycles. The van der Waals surface area contributed by atoms with Gasteiger partial charge in [-0.3, -0.25) is 9.59 Å². The largest absolute Gasteiger partial charge is 0.755 e. The lowest BCUT2D eigenvalue weighted by molar-refractivity contribution is -0.148. The van der Waals surface area contributed by atoms with Crippen molar-refractivity contribution in [2.75, 3.05) is 19.7 Å². The molecule has 92 valence electrons. The fourth-order valence-corrected chi connectivity index (χ4v) is 0.827. The van der Waals surface area contributed by atoms with Crippen LogP contribution in [0, 0.1) is 5.21 Å². The van der Waals surface area contributed by atoms with E-state index in [-0.39, 0.29) is 25.4 Å². The van der Waals surface area contributed by atoms with Gasteiger partial charge >= 0.3 is 11.9 Å². The molecule has 0 aliphatic rings. The molecule has 0 rings (SSSR count). The van der Waals surface area contributed by atoms with Crippen LogP contribution in [0.4, 0.5) is 0 Å². The maximum Gasteiger partial charge on any atom is 0.324 e. The fourth-order valence-electron chi connectivity index (χ4n) is 0.827. The van der Waals surface area contributed by atoms with Gasteiger partial charge in [0.1, 0.15) is 6.61 Å². The number of rotatable bonds is 9. The van der Waals surface area contributed by atoms with Crippen molar-refractivity contribution in [3.05, 3.63) is 17.9 Å². The van der Waals surface area contributed by atoms with E-state index in [0.29, 0.717) is 13.1 Å². The lowest BCUT2D eigenvalue weighted by atomic mass is 10.4. The van der Waals surface area contributed by atoms with E-state index in [0.717, 1.165) is 5.64 Å². The predicted octanol–water partition coefficient (Wildman–Crippen LogP) is -0.369. The zero-order valence-electron chi connectivity index (χ0n) is 8.86. The van der Waals surface area contributed by atoms with E-state index in [2.05, 4.69) is 16.7 Å². The maximum atomic E-state index is 10.9. The normalized spacial score (nSPS) is 9.56. The highest BCUT2D eigenvalue weighted by Crippen LogP contribution is 1.86. The quantitative estimate of drug-likeness (QED) is 0.242. The third-order valence-corrected chi connectivity index (χ3v) is 1.53. The van der Waals surface area contributed by atoms with Crippen LogP contribution in [0.15, 0.2) is 12.7 Å². The van der Waals surface area contributed by atoms with Crippen molar-refractivity contribution < 1.29 is 19.2 Å². The molecule has 16 heavy (non-hydrogen) atoms. The fraction of sp³-hybridized carbons (Fsp3) is 0.556. The van der Waals surface area contributed by atoms with Crippen molar-refractivity contribution in [3.8, 4) is 0 Å². The van der Waals surface area contributed by atoms with Crippen LogP contribution >= 0.6 is 0 Å². The second-order valence-electron chi connectivity index (χ2n) is 2.78. The van der Waals surface area contributed by atoms with E-state index in [1.807, 2.05) is 0 Å². The number of hydrogen-bond donors (Lipinski definition) is 2. The Morgan fingerprint density at radius 3 is 2.44 bits per heavy atom. The van der Waals surface area contributed by atoms with Gasteiger partial charge in [0, 0.05) is 13.1 Å². The molecule has 0 aliphatic heterocycles. The van der Waals surface area contributed by atoms with Gasteiger partial charge in [-0.1, -0.05) is 12.7 Å². The molecule has 0 fully saturated rings. The Morgan fingerprint density at radius 2 is 1.88 bits per heavy atom. The zero-order chi connectivity index (χ0) is 12.2. The first-order valence-corrected chi connectivity index (χ1v) is 4.74. The summed E-state index contributed by atoms with van der Waals surface area (Å²) in [5, 5.41) is 12.5. The Kier molecular flexibility index (Phi) is 9.18. The van der Waals surface area contributed by atoms with Crippen molar-refractivity contribution in [1.29, 1.82) is 0 Å². The summed E-state index contributed by atoms with van der Waals surface area (Å²) in [6, 6.07) is 0. The van der Waals surface area contributed by atoms with Crippen LogP contribution in [-0.2, 0) is 19.2 Å². The second-order valence-corrected chi connectivity index (χ2v) is 2.78. The first-order valence-electron chi connectivity index (χ1n) is 4.74. The predicted molar refractivity (Wildman–Crippen MR) is 55.9 cm³/mol. The number of nitrogens with one attached hydrogen (secondary N) is 2. The minimum absolute atomic E-state index is 0.0525. The highest BCUT2D eigenvalue weighted by Gasteiger charge is 2.02. The Morgan fingerprint density at radius 1 is 1.25 bits per heavy atom. The molecule has 0 saturated carbocycles. The summed E-state index contributed by atoms with van der Waals surface area (Å²) >= 11 is 0. The molecule has 7 nitrogen and oxygen atoms in total. The van der Waals surface area contributed by atoms with Gasteiger partial charge < -0.3 is 20.1 Å². The molecule has 0 atom stereocenters. The minimum Gasteiger partial charge on any atom is -0.755 e.